The van der Waals surface area contributed by atoms with Crippen LogP contribution in [0.2, 0.25) is 10.0 Å². The predicted molar refractivity (Wildman–Crippen MR) is 93.7 cm³/mol. The maximum absolute atomic E-state index is 6.20. The van der Waals surface area contributed by atoms with E-state index < -0.39 is 0 Å². The van der Waals surface area contributed by atoms with E-state index in [1.54, 1.807) is 0 Å². The van der Waals surface area contributed by atoms with Crippen molar-refractivity contribution >= 4 is 44.8 Å². The van der Waals surface area contributed by atoms with E-state index in [-0.39, 0.29) is 0 Å². The molecule has 112 valence electrons. The second-order valence-electron chi connectivity index (χ2n) is 4.58. The summed E-state index contributed by atoms with van der Waals surface area (Å²) in [6.07, 6.45) is 0.957. The van der Waals surface area contributed by atoms with Crippen LogP contribution < -0.4 is 10.1 Å². The fourth-order valence-electron chi connectivity index (χ4n) is 1.80. The molecule has 0 radical (unpaired) electrons. The van der Waals surface area contributed by atoms with Crippen molar-refractivity contribution in [3.63, 3.8) is 0 Å². The summed E-state index contributed by atoms with van der Waals surface area (Å²) >= 11 is 15.8. The SMILES string of the molecule is CCCOc1ccc(NCc2ccc(Br)cc2Cl)cc1Cl. The molecule has 0 amide bonds. The highest BCUT2D eigenvalue weighted by molar-refractivity contribution is 9.10. The topological polar surface area (TPSA) is 21.3 Å². The quantitative estimate of drug-likeness (QED) is 0.639. The normalized spacial score (nSPS) is 10.5. The van der Waals surface area contributed by atoms with E-state index in [0.717, 1.165) is 27.2 Å². The standard InChI is InChI=1S/C16H16BrCl2NO/c1-2-7-21-16-6-5-13(9-15(16)19)20-10-11-3-4-12(17)8-14(11)18/h3-6,8-9,20H,2,7,10H2,1H3. The molecule has 0 aliphatic heterocycles. The zero-order chi connectivity index (χ0) is 15.2. The Morgan fingerprint density at radius 3 is 2.57 bits per heavy atom. The molecule has 0 atom stereocenters. The molecule has 1 N–H and O–H groups in total. The molecular weight excluding hydrogens is 373 g/mol. The summed E-state index contributed by atoms with van der Waals surface area (Å²) in [5.41, 5.74) is 1.96. The van der Waals surface area contributed by atoms with Gasteiger partial charge in [0.2, 0.25) is 0 Å². The number of halogens is 3. The van der Waals surface area contributed by atoms with Crippen molar-refractivity contribution in [2.24, 2.45) is 0 Å². The van der Waals surface area contributed by atoms with Crippen LogP contribution in [0.4, 0.5) is 5.69 Å². The smallest absolute Gasteiger partial charge is 0.138 e. The van der Waals surface area contributed by atoms with E-state index >= 15 is 0 Å². The Morgan fingerprint density at radius 1 is 1.10 bits per heavy atom. The van der Waals surface area contributed by atoms with Crippen LogP contribution in [0.15, 0.2) is 40.9 Å². The van der Waals surface area contributed by atoms with Crippen molar-refractivity contribution in [2.45, 2.75) is 19.9 Å². The lowest BCUT2D eigenvalue weighted by Crippen LogP contribution is -2.01. The lowest BCUT2D eigenvalue weighted by molar-refractivity contribution is 0.317. The largest absolute Gasteiger partial charge is 0.492 e. The third-order valence-electron chi connectivity index (χ3n) is 2.89. The third-order valence-corrected chi connectivity index (χ3v) is 4.03. The van der Waals surface area contributed by atoms with Crippen LogP contribution in [0, 0.1) is 0 Å². The van der Waals surface area contributed by atoms with Gasteiger partial charge in [0.15, 0.2) is 0 Å². The zero-order valence-corrected chi connectivity index (χ0v) is 14.7. The minimum Gasteiger partial charge on any atom is -0.492 e. The lowest BCUT2D eigenvalue weighted by atomic mass is 10.2. The minimum atomic E-state index is 0.607. The molecule has 2 nitrogen and oxygen atoms in total. The molecule has 0 saturated carbocycles. The van der Waals surface area contributed by atoms with Gasteiger partial charge in [0.05, 0.1) is 11.6 Å². The van der Waals surface area contributed by atoms with Crippen LogP contribution in [-0.2, 0) is 6.54 Å². The van der Waals surface area contributed by atoms with Crippen molar-refractivity contribution < 1.29 is 4.74 Å². The molecule has 0 bridgehead atoms. The Labute approximate surface area is 143 Å². The summed E-state index contributed by atoms with van der Waals surface area (Å²) in [5.74, 6) is 0.714. The first kappa shape index (κ1) is 16.5. The molecule has 0 saturated heterocycles. The summed E-state index contributed by atoms with van der Waals surface area (Å²) < 4.78 is 6.52. The average Bonchev–Trinajstić information content (AvgIpc) is 2.45. The fraction of sp³-hybridized carbons (Fsp3) is 0.250. The van der Waals surface area contributed by atoms with Gasteiger partial charge in [0.1, 0.15) is 5.75 Å². The van der Waals surface area contributed by atoms with Crippen LogP contribution in [0.1, 0.15) is 18.9 Å². The Bertz CT molecular complexity index is 619. The Hall–Kier alpha value is -0.900. The molecule has 0 spiro atoms. The number of hydrogen-bond acceptors (Lipinski definition) is 2. The van der Waals surface area contributed by atoms with E-state index in [0.29, 0.717) is 23.9 Å². The Kier molecular flexibility index (Phi) is 6.22. The van der Waals surface area contributed by atoms with Gasteiger partial charge in [-0.15, -0.1) is 0 Å². The van der Waals surface area contributed by atoms with E-state index in [9.17, 15) is 0 Å². The van der Waals surface area contributed by atoms with Gasteiger partial charge in [-0.3, -0.25) is 0 Å². The summed E-state index contributed by atoms with van der Waals surface area (Å²) in [7, 11) is 0. The fourth-order valence-corrected chi connectivity index (χ4v) is 2.78. The van der Waals surface area contributed by atoms with E-state index in [1.165, 1.54) is 0 Å². The highest BCUT2D eigenvalue weighted by Gasteiger charge is 2.04. The van der Waals surface area contributed by atoms with Crippen LogP contribution in [0.5, 0.6) is 5.75 Å². The predicted octanol–water partition coefficient (Wildman–Crippen LogP) is 6.16. The molecule has 0 unspecified atom stereocenters. The average molecular weight is 389 g/mol. The van der Waals surface area contributed by atoms with Crippen LogP contribution in [0.25, 0.3) is 0 Å². The third kappa shape index (κ3) is 4.80. The first-order chi connectivity index (χ1) is 10.1. The molecule has 0 aliphatic rings. The second-order valence-corrected chi connectivity index (χ2v) is 6.31. The van der Waals surface area contributed by atoms with Gasteiger partial charge in [-0.2, -0.15) is 0 Å². The van der Waals surface area contributed by atoms with E-state index in [1.807, 2.05) is 36.4 Å². The molecular formula is C16H16BrCl2NO. The molecule has 5 heteroatoms. The second kappa shape index (κ2) is 7.92. The van der Waals surface area contributed by atoms with Gasteiger partial charge in [0, 0.05) is 21.7 Å². The van der Waals surface area contributed by atoms with Crippen LogP contribution in [0.3, 0.4) is 0 Å². The van der Waals surface area contributed by atoms with Gasteiger partial charge >= 0.3 is 0 Å². The lowest BCUT2D eigenvalue weighted by Gasteiger charge is -2.11. The summed E-state index contributed by atoms with van der Waals surface area (Å²) in [6, 6.07) is 11.5. The van der Waals surface area contributed by atoms with Crippen LogP contribution >= 0.6 is 39.1 Å². The molecule has 2 aromatic rings. The van der Waals surface area contributed by atoms with Gasteiger partial charge in [0.25, 0.3) is 0 Å². The van der Waals surface area contributed by atoms with Crippen LogP contribution in [-0.4, -0.2) is 6.61 Å². The highest BCUT2D eigenvalue weighted by Crippen LogP contribution is 2.28. The Morgan fingerprint density at radius 2 is 1.90 bits per heavy atom. The first-order valence-corrected chi connectivity index (χ1v) is 8.25. The van der Waals surface area contributed by atoms with Gasteiger partial charge in [-0.25, -0.2) is 0 Å². The zero-order valence-electron chi connectivity index (χ0n) is 11.6. The molecule has 2 aromatic carbocycles. The number of anilines is 1. The Balaban J connectivity index is 2.01. The van der Waals surface area contributed by atoms with Gasteiger partial charge < -0.3 is 10.1 Å². The van der Waals surface area contributed by atoms with Crippen molar-refractivity contribution in [2.75, 3.05) is 11.9 Å². The number of benzene rings is 2. The number of ether oxygens (including phenoxy) is 1. The molecule has 0 aliphatic carbocycles. The number of rotatable bonds is 6. The maximum Gasteiger partial charge on any atom is 0.138 e. The minimum absolute atomic E-state index is 0.607. The summed E-state index contributed by atoms with van der Waals surface area (Å²) in [4.78, 5) is 0. The molecule has 21 heavy (non-hydrogen) atoms. The number of hydrogen-bond donors (Lipinski definition) is 1. The van der Waals surface area contributed by atoms with Crippen molar-refractivity contribution in [3.05, 3.63) is 56.5 Å². The monoisotopic (exact) mass is 387 g/mol. The highest BCUT2D eigenvalue weighted by atomic mass is 79.9. The van der Waals surface area contributed by atoms with Gasteiger partial charge in [-0.05, 0) is 42.3 Å². The van der Waals surface area contributed by atoms with Crippen molar-refractivity contribution in [1.29, 1.82) is 0 Å². The molecule has 2 rings (SSSR count). The molecule has 0 fully saturated rings. The molecule has 0 heterocycles. The van der Waals surface area contributed by atoms with Crippen molar-refractivity contribution in [1.82, 2.24) is 0 Å². The first-order valence-electron chi connectivity index (χ1n) is 6.70. The van der Waals surface area contributed by atoms with E-state index in [4.69, 9.17) is 27.9 Å². The van der Waals surface area contributed by atoms with Crippen molar-refractivity contribution in [3.8, 4) is 5.75 Å². The summed E-state index contributed by atoms with van der Waals surface area (Å²) in [5, 5.41) is 4.64. The van der Waals surface area contributed by atoms with Gasteiger partial charge in [-0.1, -0.05) is 52.1 Å². The van der Waals surface area contributed by atoms with E-state index in [2.05, 4.69) is 28.2 Å². The maximum atomic E-state index is 6.20. The number of nitrogens with one attached hydrogen (secondary N) is 1. The molecule has 0 aromatic heterocycles. The summed E-state index contributed by atoms with van der Waals surface area (Å²) in [6.45, 7) is 3.37.